The van der Waals surface area contributed by atoms with Crippen LogP contribution < -0.4 is 20.1 Å². The molecule has 0 unspecified atom stereocenters. The van der Waals surface area contributed by atoms with Gasteiger partial charge in [-0.3, -0.25) is 9.59 Å². The Kier molecular flexibility index (Phi) is 8.41. The minimum atomic E-state index is -0.579. The molecule has 170 valence electrons. The molecule has 0 spiro atoms. The summed E-state index contributed by atoms with van der Waals surface area (Å²) in [6.45, 7) is 1.43. The topological polar surface area (TPSA) is 103 Å². The van der Waals surface area contributed by atoms with Gasteiger partial charge in [-0.05, 0) is 49.4 Å². The largest absolute Gasteiger partial charge is 0.484 e. The van der Waals surface area contributed by atoms with E-state index in [-0.39, 0.29) is 25.4 Å². The Morgan fingerprint density at radius 1 is 0.697 bits per heavy atom. The van der Waals surface area contributed by atoms with Crippen LogP contribution in [0.15, 0.2) is 78.9 Å². The maximum atomic E-state index is 12.3. The van der Waals surface area contributed by atoms with Gasteiger partial charge in [0.15, 0.2) is 13.2 Å². The number of carbonyl (C=O) groups excluding carboxylic acids is 3. The second-order valence-electron chi connectivity index (χ2n) is 6.82. The van der Waals surface area contributed by atoms with E-state index in [0.29, 0.717) is 22.9 Å². The highest BCUT2D eigenvalue weighted by Crippen LogP contribution is 2.21. The molecule has 0 aliphatic heterocycles. The molecule has 2 amide bonds. The standard InChI is InChI=1S/C25H24N2O6/c1-2-31-25(30)18-13-19(26-23(28)16-32-21-9-5-3-6-10-21)15-20(14-18)27-24(29)17-33-22-11-7-4-8-12-22/h3-15H,2,16-17H2,1H3,(H,26,28)(H,27,29). The first-order valence-electron chi connectivity index (χ1n) is 10.3. The zero-order valence-electron chi connectivity index (χ0n) is 18.1. The highest BCUT2D eigenvalue weighted by Gasteiger charge is 2.14. The van der Waals surface area contributed by atoms with Gasteiger partial charge in [-0.15, -0.1) is 0 Å². The van der Waals surface area contributed by atoms with Crippen LogP contribution in [0.25, 0.3) is 0 Å². The van der Waals surface area contributed by atoms with Crippen LogP contribution in [-0.4, -0.2) is 37.6 Å². The molecule has 3 aromatic rings. The number of benzene rings is 3. The van der Waals surface area contributed by atoms with Gasteiger partial charge in [0.2, 0.25) is 0 Å². The van der Waals surface area contributed by atoms with Crippen molar-refractivity contribution < 1.29 is 28.6 Å². The predicted octanol–water partition coefficient (Wildman–Crippen LogP) is 3.90. The quantitative estimate of drug-likeness (QED) is 0.456. The fourth-order valence-corrected chi connectivity index (χ4v) is 2.83. The van der Waals surface area contributed by atoms with Crippen LogP contribution >= 0.6 is 0 Å². The Labute approximate surface area is 191 Å². The molecule has 3 rings (SSSR count). The van der Waals surface area contributed by atoms with E-state index in [1.54, 1.807) is 55.5 Å². The number of carbonyl (C=O) groups is 3. The second-order valence-corrected chi connectivity index (χ2v) is 6.82. The van der Waals surface area contributed by atoms with Crippen LogP contribution in [0.1, 0.15) is 17.3 Å². The molecule has 33 heavy (non-hydrogen) atoms. The zero-order valence-corrected chi connectivity index (χ0v) is 18.1. The van der Waals surface area contributed by atoms with Gasteiger partial charge in [-0.1, -0.05) is 36.4 Å². The average Bonchev–Trinajstić information content (AvgIpc) is 2.83. The number of rotatable bonds is 10. The monoisotopic (exact) mass is 448 g/mol. The molecule has 0 heterocycles. The van der Waals surface area contributed by atoms with E-state index in [1.807, 2.05) is 12.1 Å². The van der Waals surface area contributed by atoms with E-state index in [9.17, 15) is 14.4 Å². The molecule has 0 saturated carbocycles. The van der Waals surface area contributed by atoms with Crippen molar-refractivity contribution in [1.29, 1.82) is 0 Å². The third-order valence-electron chi connectivity index (χ3n) is 4.24. The number of hydrogen-bond acceptors (Lipinski definition) is 6. The average molecular weight is 448 g/mol. The molecular weight excluding hydrogens is 424 g/mol. The van der Waals surface area contributed by atoms with E-state index in [2.05, 4.69) is 10.6 Å². The summed E-state index contributed by atoms with van der Waals surface area (Å²) in [5, 5.41) is 5.33. The van der Waals surface area contributed by atoms with Gasteiger partial charge in [-0.2, -0.15) is 0 Å². The molecule has 0 saturated heterocycles. The van der Waals surface area contributed by atoms with E-state index in [4.69, 9.17) is 14.2 Å². The van der Waals surface area contributed by atoms with Crippen LogP contribution in [0.5, 0.6) is 11.5 Å². The van der Waals surface area contributed by atoms with Gasteiger partial charge in [-0.25, -0.2) is 4.79 Å². The van der Waals surface area contributed by atoms with Crippen LogP contribution in [0.3, 0.4) is 0 Å². The Morgan fingerprint density at radius 2 is 1.15 bits per heavy atom. The number of nitrogens with one attached hydrogen (secondary N) is 2. The van der Waals surface area contributed by atoms with Crippen molar-refractivity contribution in [2.24, 2.45) is 0 Å². The summed E-state index contributed by atoms with van der Waals surface area (Å²) in [4.78, 5) is 36.9. The van der Waals surface area contributed by atoms with Crippen LogP contribution in [-0.2, 0) is 14.3 Å². The third-order valence-corrected chi connectivity index (χ3v) is 4.24. The van der Waals surface area contributed by atoms with Crippen molar-refractivity contribution in [3.05, 3.63) is 84.4 Å². The summed E-state index contributed by atoms with van der Waals surface area (Å²) >= 11 is 0. The summed E-state index contributed by atoms with van der Waals surface area (Å²) in [5.41, 5.74) is 0.792. The van der Waals surface area contributed by atoms with Gasteiger partial charge in [0.05, 0.1) is 12.2 Å². The van der Waals surface area contributed by atoms with Crippen LogP contribution in [0.4, 0.5) is 11.4 Å². The van der Waals surface area contributed by atoms with Gasteiger partial charge in [0, 0.05) is 11.4 Å². The molecule has 2 N–H and O–H groups in total. The van der Waals surface area contributed by atoms with Crippen molar-refractivity contribution in [3.63, 3.8) is 0 Å². The lowest BCUT2D eigenvalue weighted by Crippen LogP contribution is -2.22. The molecule has 0 aliphatic rings. The first kappa shape index (κ1) is 23.3. The molecule has 8 nitrogen and oxygen atoms in total. The van der Waals surface area contributed by atoms with Crippen LogP contribution in [0, 0.1) is 0 Å². The predicted molar refractivity (Wildman–Crippen MR) is 124 cm³/mol. The van der Waals surface area contributed by atoms with Gasteiger partial charge >= 0.3 is 5.97 Å². The van der Waals surface area contributed by atoms with Crippen molar-refractivity contribution in [2.75, 3.05) is 30.5 Å². The number of anilines is 2. The molecular formula is C25H24N2O6. The molecule has 0 aliphatic carbocycles. The third kappa shape index (κ3) is 7.70. The first-order valence-corrected chi connectivity index (χ1v) is 10.3. The number of amides is 2. The molecule has 0 fully saturated rings. The van der Waals surface area contributed by atoms with E-state index < -0.39 is 17.8 Å². The normalized spacial score (nSPS) is 10.1. The summed E-state index contributed by atoms with van der Waals surface area (Å²) in [6.07, 6.45) is 0. The van der Waals surface area contributed by atoms with Crippen molar-refractivity contribution in [2.45, 2.75) is 6.92 Å². The lowest BCUT2D eigenvalue weighted by Gasteiger charge is -2.13. The smallest absolute Gasteiger partial charge is 0.338 e. The Bertz CT molecular complexity index is 1010. The van der Waals surface area contributed by atoms with Gasteiger partial charge in [0.1, 0.15) is 11.5 Å². The van der Waals surface area contributed by atoms with Crippen molar-refractivity contribution in [3.8, 4) is 11.5 Å². The second kappa shape index (κ2) is 11.9. The van der Waals surface area contributed by atoms with E-state index in [0.717, 1.165) is 0 Å². The highest BCUT2D eigenvalue weighted by atomic mass is 16.5. The summed E-state index contributed by atoms with van der Waals surface area (Å²) in [7, 11) is 0. The Morgan fingerprint density at radius 3 is 1.58 bits per heavy atom. The lowest BCUT2D eigenvalue weighted by molar-refractivity contribution is -0.118. The fourth-order valence-electron chi connectivity index (χ4n) is 2.83. The zero-order chi connectivity index (χ0) is 23.5. The summed E-state index contributed by atoms with van der Waals surface area (Å²) in [5.74, 6) is -0.321. The van der Waals surface area contributed by atoms with E-state index in [1.165, 1.54) is 18.2 Å². The highest BCUT2D eigenvalue weighted by molar-refractivity contribution is 5.99. The maximum Gasteiger partial charge on any atom is 0.338 e. The number of para-hydroxylation sites is 2. The molecule has 8 heteroatoms. The minimum absolute atomic E-state index is 0.179. The Balaban J connectivity index is 1.66. The fraction of sp³-hybridized carbons (Fsp3) is 0.160. The first-order chi connectivity index (χ1) is 16.0. The minimum Gasteiger partial charge on any atom is -0.484 e. The number of hydrogen-bond donors (Lipinski definition) is 2. The molecule has 0 radical (unpaired) electrons. The molecule has 0 atom stereocenters. The maximum absolute atomic E-state index is 12.3. The van der Waals surface area contributed by atoms with Crippen LogP contribution in [0.2, 0.25) is 0 Å². The molecule has 0 aromatic heterocycles. The van der Waals surface area contributed by atoms with Crippen molar-refractivity contribution in [1.82, 2.24) is 0 Å². The number of esters is 1. The summed E-state index contributed by atoms with van der Waals surface area (Å²) < 4.78 is 15.9. The van der Waals surface area contributed by atoms with Gasteiger partial charge in [0.25, 0.3) is 11.8 Å². The molecule has 3 aromatic carbocycles. The molecule has 0 bridgehead atoms. The summed E-state index contributed by atoms with van der Waals surface area (Å²) in [6, 6.07) is 22.3. The van der Waals surface area contributed by atoms with Gasteiger partial charge < -0.3 is 24.8 Å². The lowest BCUT2D eigenvalue weighted by atomic mass is 10.1. The Hall–Kier alpha value is -4.33. The van der Waals surface area contributed by atoms with E-state index >= 15 is 0 Å². The van der Waals surface area contributed by atoms with Crippen molar-refractivity contribution >= 4 is 29.2 Å². The SMILES string of the molecule is CCOC(=O)c1cc(NC(=O)COc2ccccc2)cc(NC(=O)COc2ccccc2)c1. The number of ether oxygens (including phenoxy) is 3.